The zero-order valence-electron chi connectivity index (χ0n) is 14.2. The lowest BCUT2D eigenvalue weighted by molar-refractivity contribution is 0.720. The highest BCUT2D eigenvalue weighted by Crippen LogP contribution is 2.37. The van der Waals surface area contributed by atoms with Crippen LogP contribution >= 0.6 is 31.9 Å². The molecule has 0 amide bonds. The molecule has 0 bridgehead atoms. The quantitative estimate of drug-likeness (QED) is 0.349. The minimum absolute atomic E-state index is 0.0600. The predicted molar refractivity (Wildman–Crippen MR) is 118 cm³/mol. The second kappa shape index (κ2) is 6.66. The van der Waals surface area contributed by atoms with Gasteiger partial charge in [-0.05, 0) is 53.6 Å². The van der Waals surface area contributed by atoms with Crippen LogP contribution in [0.3, 0.4) is 0 Å². The molecule has 0 saturated carbocycles. The monoisotopic (exact) mass is 479 g/mol. The van der Waals surface area contributed by atoms with Gasteiger partial charge in [-0.3, -0.25) is 4.57 Å². The molecule has 0 aliphatic carbocycles. The Hall–Kier alpha value is -2.37. The van der Waals surface area contributed by atoms with E-state index >= 15 is 0 Å². The normalized spacial score (nSPS) is 15.9. The number of imidazole rings is 1. The second-order valence-electron chi connectivity index (χ2n) is 6.51. The SMILES string of the molecule is Brc1ccc(C2=CC(c3cccc(Br)c3)n3c(nc4ccccc43)N2)cc1. The van der Waals surface area contributed by atoms with Crippen molar-refractivity contribution < 1.29 is 0 Å². The molecule has 27 heavy (non-hydrogen) atoms. The lowest BCUT2D eigenvalue weighted by atomic mass is 10.0. The lowest BCUT2D eigenvalue weighted by Crippen LogP contribution is -2.19. The third kappa shape index (κ3) is 3.01. The Bertz CT molecular complexity index is 1180. The summed E-state index contributed by atoms with van der Waals surface area (Å²) < 4.78 is 4.40. The number of allylic oxidation sites excluding steroid dienone is 1. The number of anilines is 1. The number of hydrogen-bond acceptors (Lipinski definition) is 2. The molecule has 0 fully saturated rings. The van der Waals surface area contributed by atoms with Crippen molar-refractivity contribution >= 4 is 54.5 Å². The Balaban J connectivity index is 1.72. The summed E-state index contributed by atoms with van der Waals surface area (Å²) >= 11 is 7.12. The van der Waals surface area contributed by atoms with Crippen molar-refractivity contribution in [1.29, 1.82) is 0 Å². The van der Waals surface area contributed by atoms with Gasteiger partial charge in [0.05, 0.1) is 17.1 Å². The molecule has 1 aliphatic heterocycles. The Kier molecular flexibility index (Phi) is 4.14. The molecule has 5 heteroatoms. The summed E-state index contributed by atoms with van der Waals surface area (Å²) in [6.07, 6.45) is 2.27. The first-order valence-corrected chi connectivity index (χ1v) is 10.2. The van der Waals surface area contributed by atoms with Crippen LogP contribution < -0.4 is 5.32 Å². The van der Waals surface area contributed by atoms with Gasteiger partial charge in [-0.15, -0.1) is 0 Å². The number of nitrogens with one attached hydrogen (secondary N) is 1. The standard InChI is InChI=1S/C22H15Br2N3/c23-16-10-8-14(9-11-16)19-13-21(15-4-3-5-17(24)12-15)27-20-7-2-1-6-18(20)25-22(27)26-19/h1-13,21H,(H,25,26). The number of fused-ring (bicyclic) bond motifs is 3. The largest absolute Gasteiger partial charge is 0.325 e. The number of hydrogen-bond donors (Lipinski definition) is 1. The number of nitrogens with zero attached hydrogens (tertiary/aromatic N) is 2. The maximum Gasteiger partial charge on any atom is 0.209 e. The molecule has 1 atom stereocenters. The summed E-state index contributed by atoms with van der Waals surface area (Å²) in [6.45, 7) is 0. The van der Waals surface area contributed by atoms with Gasteiger partial charge in [0.15, 0.2) is 0 Å². The van der Waals surface area contributed by atoms with Gasteiger partial charge in [0.2, 0.25) is 5.95 Å². The van der Waals surface area contributed by atoms with Crippen LogP contribution in [0.15, 0.2) is 87.8 Å². The molecule has 1 aliphatic rings. The van der Waals surface area contributed by atoms with E-state index in [4.69, 9.17) is 4.98 Å². The third-order valence-corrected chi connectivity index (χ3v) is 5.81. The summed E-state index contributed by atoms with van der Waals surface area (Å²) in [5, 5.41) is 3.52. The molecule has 0 radical (unpaired) electrons. The molecule has 5 rings (SSSR count). The molecule has 0 spiro atoms. The molecule has 3 aromatic carbocycles. The average molecular weight is 481 g/mol. The Morgan fingerprint density at radius 2 is 1.67 bits per heavy atom. The zero-order chi connectivity index (χ0) is 18.4. The first kappa shape index (κ1) is 16.8. The van der Waals surface area contributed by atoms with Crippen molar-refractivity contribution in [3.05, 3.63) is 98.9 Å². The van der Waals surface area contributed by atoms with E-state index in [0.717, 1.165) is 37.2 Å². The van der Waals surface area contributed by atoms with E-state index in [1.807, 2.05) is 6.07 Å². The zero-order valence-corrected chi connectivity index (χ0v) is 17.4. The summed E-state index contributed by atoms with van der Waals surface area (Å²) in [5.74, 6) is 0.863. The van der Waals surface area contributed by atoms with E-state index in [1.165, 1.54) is 5.56 Å². The molecule has 4 aromatic rings. The summed E-state index contributed by atoms with van der Waals surface area (Å²) in [6, 6.07) is 25.1. The maximum atomic E-state index is 4.83. The molecular weight excluding hydrogens is 466 g/mol. The first-order valence-electron chi connectivity index (χ1n) is 8.66. The molecule has 2 heterocycles. The van der Waals surface area contributed by atoms with E-state index in [9.17, 15) is 0 Å². The first-order chi connectivity index (χ1) is 13.2. The molecule has 1 aromatic heterocycles. The second-order valence-corrected chi connectivity index (χ2v) is 8.34. The van der Waals surface area contributed by atoms with Crippen LogP contribution in [0.25, 0.3) is 16.7 Å². The van der Waals surface area contributed by atoms with E-state index in [2.05, 4.69) is 115 Å². The van der Waals surface area contributed by atoms with Crippen LogP contribution in [0.2, 0.25) is 0 Å². The summed E-state index contributed by atoms with van der Waals surface area (Å²) in [5.41, 5.74) is 5.53. The molecule has 1 unspecified atom stereocenters. The number of aromatic nitrogens is 2. The minimum atomic E-state index is 0.0600. The fraction of sp³-hybridized carbons (Fsp3) is 0.0455. The van der Waals surface area contributed by atoms with E-state index < -0.39 is 0 Å². The maximum absolute atomic E-state index is 4.83. The highest BCUT2D eigenvalue weighted by Gasteiger charge is 2.25. The molecule has 132 valence electrons. The third-order valence-electron chi connectivity index (χ3n) is 4.79. The number of para-hydroxylation sites is 2. The number of halogens is 2. The van der Waals surface area contributed by atoms with Crippen molar-refractivity contribution in [3.63, 3.8) is 0 Å². The molecule has 3 nitrogen and oxygen atoms in total. The van der Waals surface area contributed by atoms with Crippen LogP contribution in [0, 0.1) is 0 Å². The van der Waals surface area contributed by atoms with Gasteiger partial charge in [-0.1, -0.05) is 68.3 Å². The van der Waals surface area contributed by atoms with Crippen LogP contribution in [0.4, 0.5) is 5.95 Å². The summed E-state index contributed by atoms with van der Waals surface area (Å²) in [4.78, 5) is 4.83. The van der Waals surface area contributed by atoms with Gasteiger partial charge in [0, 0.05) is 14.6 Å². The Labute approximate surface area is 174 Å². The van der Waals surface area contributed by atoms with Gasteiger partial charge in [0.1, 0.15) is 0 Å². The highest BCUT2D eigenvalue weighted by molar-refractivity contribution is 9.10. The van der Waals surface area contributed by atoms with Gasteiger partial charge in [-0.2, -0.15) is 0 Å². The van der Waals surface area contributed by atoms with Crippen LogP contribution in [-0.4, -0.2) is 9.55 Å². The van der Waals surface area contributed by atoms with Crippen molar-refractivity contribution in [2.75, 3.05) is 5.32 Å². The molecular formula is C22H15Br2N3. The van der Waals surface area contributed by atoms with Crippen molar-refractivity contribution in [2.24, 2.45) is 0 Å². The van der Waals surface area contributed by atoms with E-state index in [1.54, 1.807) is 0 Å². The smallest absolute Gasteiger partial charge is 0.209 e. The topological polar surface area (TPSA) is 29.9 Å². The van der Waals surface area contributed by atoms with Gasteiger partial charge < -0.3 is 5.32 Å². The van der Waals surface area contributed by atoms with Crippen LogP contribution in [0.5, 0.6) is 0 Å². The predicted octanol–water partition coefficient (Wildman–Crippen LogP) is 6.62. The Morgan fingerprint density at radius 3 is 2.48 bits per heavy atom. The fourth-order valence-electron chi connectivity index (χ4n) is 3.54. The van der Waals surface area contributed by atoms with Crippen LogP contribution in [-0.2, 0) is 0 Å². The molecule has 0 saturated heterocycles. The van der Waals surface area contributed by atoms with Crippen molar-refractivity contribution in [3.8, 4) is 0 Å². The summed E-state index contributed by atoms with van der Waals surface area (Å²) in [7, 11) is 0. The van der Waals surface area contributed by atoms with Gasteiger partial charge >= 0.3 is 0 Å². The van der Waals surface area contributed by atoms with Crippen LogP contribution in [0.1, 0.15) is 17.2 Å². The number of benzene rings is 3. The fourth-order valence-corrected chi connectivity index (χ4v) is 4.22. The molecule has 1 N–H and O–H groups in total. The van der Waals surface area contributed by atoms with E-state index in [0.29, 0.717) is 0 Å². The van der Waals surface area contributed by atoms with Crippen molar-refractivity contribution in [2.45, 2.75) is 6.04 Å². The van der Waals surface area contributed by atoms with Crippen molar-refractivity contribution in [1.82, 2.24) is 9.55 Å². The van der Waals surface area contributed by atoms with Gasteiger partial charge in [0.25, 0.3) is 0 Å². The lowest BCUT2D eigenvalue weighted by Gasteiger charge is -2.26. The highest BCUT2D eigenvalue weighted by atomic mass is 79.9. The van der Waals surface area contributed by atoms with E-state index in [-0.39, 0.29) is 6.04 Å². The average Bonchev–Trinajstić information content (AvgIpc) is 3.06. The van der Waals surface area contributed by atoms with Gasteiger partial charge in [-0.25, -0.2) is 4.98 Å². The minimum Gasteiger partial charge on any atom is -0.325 e. The number of rotatable bonds is 2. The Morgan fingerprint density at radius 1 is 0.852 bits per heavy atom.